The predicted octanol–water partition coefficient (Wildman–Crippen LogP) is 3.95. The zero-order chi connectivity index (χ0) is 12.3. The summed E-state index contributed by atoms with van der Waals surface area (Å²) in [5, 5.41) is 2.49. The van der Waals surface area contributed by atoms with Crippen LogP contribution in [-0.4, -0.2) is 0 Å². The Morgan fingerprint density at radius 3 is 2.28 bits per heavy atom. The van der Waals surface area contributed by atoms with Gasteiger partial charge in [-0.2, -0.15) is 0 Å². The summed E-state index contributed by atoms with van der Waals surface area (Å²) in [4.78, 5) is 0. The van der Waals surface area contributed by atoms with Gasteiger partial charge in [0, 0.05) is 5.02 Å². The summed E-state index contributed by atoms with van der Waals surface area (Å²) in [5.41, 5.74) is 3.35. The lowest BCUT2D eigenvalue weighted by molar-refractivity contribution is 0.848. The molecular weight excluding hydrogens is 267 g/mol. The summed E-state index contributed by atoms with van der Waals surface area (Å²) in [6, 6.07) is 15.8. The third-order valence-electron chi connectivity index (χ3n) is 2.69. The fourth-order valence-electron chi connectivity index (χ4n) is 1.76. The largest absolute Gasteiger partial charge is 0.306 e. The molecule has 2 rings (SSSR count). The van der Waals surface area contributed by atoms with Crippen LogP contribution in [0.3, 0.4) is 0 Å². The second-order valence-electron chi connectivity index (χ2n) is 4.04. The molecule has 0 aliphatic heterocycles. The fourth-order valence-corrected chi connectivity index (χ4v) is 1.88. The van der Waals surface area contributed by atoms with E-state index < -0.39 is 0 Å². The van der Waals surface area contributed by atoms with Crippen molar-refractivity contribution in [3.05, 3.63) is 64.7 Å². The van der Waals surface area contributed by atoms with Gasteiger partial charge in [-0.15, -0.1) is 12.4 Å². The molecule has 96 valence electrons. The number of hydrogen-bond donors (Lipinski definition) is 1. The normalized spacial score (nSPS) is 9.72. The van der Waals surface area contributed by atoms with Crippen LogP contribution in [-0.2, 0) is 6.54 Å². The second-order valence-corrected chi connectivity index (χ2v) is 4.48. The molecule has 2 N–H and O–H groups in total. The summed E-state index contributed by atoms with van der Waals surface area (Å²) >= 11 is 5.85. The van der Waals surface area contributed by atoms with Crippen LogP contribution in [0.25, 0.3) is 0 Å². The number of rotatable bonds is 3. The number of halogens is 2. The lowest BCUT2D eigenvalue weighted by atomic mass is 10.1. The molecule has 0 aliphatic carbocycles. The first-order valence-corrected chi connectivity index (χ1v) is 5.87. The Morgan fingerprint density at radius 2 is 1.67 bits per heavy atom. The average Bonchev–Trinajstić information content (AvgIpc) is 2.32. The van der Waals surface area contributed by atoms with Crippen LogP contribution < -0.4 is 10.9 Å². The van der Waals surface area contributed by atoms with E-state index in [1.807, 2.05) is 42.5 Å². The molecule has 4 heteroatoms. The van der Waals surface area contributed by atoms with Crippen LogP contribution in [0.15, 0.2) is 48.5 Å². The van der Waals surface area contributed by atoms with E-state index in [0.717, 1.165) is 16.3 Å². The van der Waals surface area contributed by atoms with Crippen molar-refractivity contribution in [1.82, 2.24) is 0 Å². The minimum absolute atomic E-state index is 0. The van der Waals surface area contributed by atoms with Crippen molar-refractivity contribution in [2.75, 3.05) is 5.01 Å². The number of aryl methyl sites for hydroxylation is 1. The minimum atomic E-state index is 0. The third kappa shape index (κ3) is 3.64. The van der Waals surface area contributed by atoms with Crippen LogP contribution in [0.1, 0.15) is 11.1 Å². The van der Waals surface area contributed by atoms with Gasteiger partial charge in [-0.05, 0) is 36.2 Å². The van der Waals surface area contributed by atoms with E-state index in [9.17, 15) is 0 Å². The molecule has 0 heterocycles. The van der Waals surface area contributed by atoms with Gasteiger partial charge in [0.25, 0.3) is 0 Å². The van der Waals surface area contributed by atoms with Gasteiger partial charge < -0.3 is 5.01 Å². The molecule has 0 bridgehead atoms. The summed E-state index contributed by atoms with van der Waals surface area (Å²) in [6.07, 6.45) is 0. The van der Waals surface area contributed by atoms with Gasteiger partial charge in [-0.1, -0.05) is 41.9 Å². The molecule has 0 saturated carbocycles. The first-order chi connectivity index (χ1) is 8.16. The zero-order valence-electron chi connectivity index (χ0n) is 10.1. The highest BCUT2D eigenvalue weighted by Crippen LogP contribution is 2.19. The van der Waals surface area contributed by atoms with E-state index in [1.165, 1.54) is 5.56 Å². The lowest BCUT2D eigenvalue weighted by Crippen LogP contribution is -2.30. The summed E-state index contributed by atoms with van der Waals surface area (Å²) in [7, 11) is 0. The Bertz CT molecular complexity index is 497. The first kappa shape index (κ1) is 14.8. The molecule has 2 aromatic rings. The van der Waals surface area contributed by atoms with Gasteiger partial charge >= 0.3 is 0 Å². The van der Waals surface area contributed by atoms with Crippen molar-refractivity contribution in [3.8, 4) is 0 Å². The maximum atomic E-state index is 6.07. The van der Waals surface area contributed by atoms with Crippen LogP contribution in [0, 0.1) is 6.92 Å². The molecule has 2 aromatic carbocycles. The Hall–Kier alpha value is -1.22. The molecule has 0 radical (unpaired) electrons. The van der Waals surface area contributed by atoms with Gasteiger partial charge in [-0.25, -0.2) is 5.84 Å². The van der Waals surface area contributed by atoms with Crippen molar-refractivity contribution in [2.24, 2.45) is 5.84 Å². The first-order valence-electron chi connectivity index (χ1n) is 5.49. The quantitative estimate of drug-likeness (QED) is 0.682. The van der Waals surface area contributed by atoms with E-state index >= 15 is 0 Å². The Balaban J connectivity index is 0.00000162. The molecular formula is C14H16Cl2N2. The van der Waals surface area contributed by atoms with Crippen LogP contribution in [0.4, 0.5) is 5.69 Å². The number of hydrogen-bond acceptors (Lipinski definition) is 2. The molecule has 0 fully saturated rings. The maximum absolute atomic E-state index is 6.07. The topological polar surface area (TPSA) is 29.3 Å². The highest BCUT2D eigenvalue weighted by atomic mass is 35.5. The van der Waals surface area contributed by atoms with Gasteiger partial charge in [-0.3, -0.25) is 0 Å². The van der Waals surface area contributed by atoms with Crippen LogP contribution in [0.2, 0.25) is 5.02 Å². The van der Waals surface area contributed by atoms with E-state index in [2.05, 4.69) is 13.0 Å². The summed E-state index contributed by atoms with van der Waals surface area (Å²) in [6.45, 7) is 2.72. The van der Waals surface area contributed by atoms with E-state index in [-0.39, 0.29) is 12.4 Å². The van der Waals surface area contributed by atoms with Gasteiger partial charge in [0.2, 0.25) is 0 Å². The molecule has 0 aromatic heterocycles. The highest BCUT2D eigenvalue weighted by molar-refractivity contribution is 6.30. The second kappa shape index (κ2) is 6.64. The summed E-state index contributed by atoms with van der Waals surface area (Å²) < 4.78 is 0. The molecule has 0 saturated heterocycles. The van der Waals surface area contributed by atoms with Crippen molar-refractivity contribution < 1.29 is 0 Å². The van der Waals surface area contributed by atoms with Crippen molar-refractivity contribution in [3.63, 3.8) is 0 Å². The molecule has 2 nitrogen and oxygen atoms in total. The number of para-hydroxylation sites is 1. The van der Waals surface area contributed by atoms with Crippen LogP contribution >= 0.6 is 24.0 Å². The van der Waals surface area contributed by atoms with E-state index in [1.54, 1.807) is 5.01 Å². The highest BCUT2D eigenvalue weighted by Gasteiger charge is 2.04. The van der Waals surface area contributed by atoms with Crippen molar-refractivity contribution in [2.45, 2.75) is 13.5 Å². The standard InChI is InChI=1S/C14H15ClN2.ClH/c1-11-4-2-3-5-14(11)17(16)10-12-6-8-13(15)9-7-12;/h2-9H,10,16H2,1H3;1H. The molecule has 0 unspecified atom stereocenters. The maximum Gasteiger partial charge on any atom is 0.0592 e. The zero-order valence-corrected chi connectivity index (χ0v) is 11.7. The third-order valence-corrected chi connectivity index (χ3v) is 2.94. The number of anilines is 1. The van der Waals surface area contributed by atoms with Crippen LogP contribution in [0.5, 0.6) is 0 Å². The number of nitrogens with two attached hydrogens (primary N) is 1. The monoisotopic (exact) mass is 282 g/mol. The smallest absolute Gasteiger partial charge is 0.0592 e. The van der Waals surface area contributed by atoms with E-state index in [0.29, 0.717) is 6.54 Å². The summed E-state index contributed by atoms with van der Waals surface area (Å²) in [5.74, 6) is 6.07. The number of hydrazine groups is 1. The van der Waals surface area contributed by atoms with Gasteiger partial charge in [0.05, 0.1) is 12.2 Å². The van der Waals surface area contributed by atoms with E-state index in [4.69, 9.17) is 17.4 Å². The molecule has 18 heavy (non-hydrogen) atoms. The Morgan fingerprint density at radius 1 is 1.06 bits per heavy atom. The lowest BCUT2D eigenvalue weighted by Gasteiger charge is -2.20. The predicted molar refractivity (Wildman–Crippen MR) is 80.2 cm³/mol. The Labute approximate surface area is 119 Å². The minimum Gasteiger partial charge on any atom is -0.306 e. The number of nitrogens with zero attached hydrogens (tertiary/aromatic N) is 1. The Kier molecular flexibility index (Phi) is 5.48. The average molecular weight is 283 g/mol. The molecule has 0 aliphatic rings. The van der Waals surface area contributed by atoms with Gasteiger partial charge in [0.15, 0.2) is 0 Å². The van der Waals surface area contributed by atoms with Crippen molar-refractivity contribution >= 4 is 29.7 Å². The van der Waals surface area contributed by atoms with Gasteiger partial charge in [0.1, 0.15) is 0 Å². The molecule has 0 spiro atoms. The SMILES string of the molecule is Cc1ccccc1N(N)Cc1ccc(Cl)cc1.Cl. The fraction of sp³-hybridized carbons (Fsp3) is 0.143. The van der Waals surface area contributed by atoms with Crippen molar-refractivity contribution in [1.29, 1.82) is 0 Å². The number of benzene rings is 2. The molecule has 0 atom stereocenters. The molecule has 0 amide bonds.